The summed E-state index contributed by atoms with van der Waals surface area (Å²) in [6.45, 7) is 4.26. The summed E-state index contributed by atoms with van der Waals surface area (Å²) in [4.78, 5) is 2.47. The van der Waals surface area contributed by atoms with Crippen molar-refractivity contribution in [1.29, 1.82) is 0 Å². The number of nitrogens with two attached hydrogens (primary N) is 1. The summed E-state index contributed by atoms with van der Waals surface area (Å²) in [5.74, 6) is 0.711. The van der Waals surface area contributed by atoms with E-state index in [1.165, 1.54) is 25.7 Å². The van der Waals surface area contributed by atoms with E-state index in [1.807, 2.05) is 0 Å². The zero-order valence-corrected chi connectivity index (χ0v) is 9.98. The average Bonchev–Trinajstić information content (AvgIpc) is 2.76. The molecule has 2 N–H and O–H groups in total. The fraction of sp³-hybridized carbons (Fsp3) is 1.00. The van der Waals surface area contributed by atoms with E-state index in [4.69, 9.17) is 10.5 Å². The van der Waals surface area contributed by atoms with Gasteiger partial charge in [0.25, 0.3) is 0 Å². The zero-order chi connectivity index (χ0) is 10.8. The Hall–Kier alpha value is -0.120. The summed E-state index contributed by atoms with van der Waals surface area (Å²) >= 11 is 0. The Bertz CT molecular complexity index is 210. The Kier molecular flexibility index (Phi) is 3.65. The number of hydrogen-bond donors (Lipinski definition) is 1. The van der Waals surface area contributed by atoms with E-state index in [9.17, 15) is 0 Å². The van der Waals surface area contributed by atoms with Gasteiger partial charge in [-0.25, -0.2) is 0 Å². The predicted molar refractivity (Wildman–Crippen MR) is 61.8 cm³/mol. The smallest absolute Gasteiger partial charge is 0.0702 e. The first-order valence-corrected chi connectivity index (χ1v) is 6.26. The van der Waals surface area contributed by atoms with Crippen molar-refractivity contribution in [3.05, 3.63) is 0 Å². The third kappa shape index (κ3) is 2.52. The Morgan fingerprint density at radius 2 is 2.13 bits per heavy atom. The molecule has 4 atom stereocenters. The SMILES string of the molecule is CC1OCCC1N(C)CC1CCCC1N. The minimum Gasteiger partial charge on any atom is -0.377 e. The maximum atomic E-state index is 6.10. The van der Waals surface area contributed by atoms with Gasteiger partial charge in [0, 0.05) is 25.2 Å². The molecule has 4 unspecified atom stereocenters. The van der Waals surface area contributed by atoms with E-state index in [-0.39, 0.29) is 0 Å². The lowest BCUT2D eigenvalue weighted by atomic mass is 10.0. The fourth-order valence-corrected chi connectivity index (χ4v) is 3.10. The van der Waals surface area contributed by atoms with Gasteiger partial charge in [-0.15, -0.1) is 0 Å². The van der Waals surface area contributed by atoms with Crippen LogP contribution in [0.3, 0.4) is 0 Å². The molecule has 0 amide bonds. The van der Waals surface area contributed by atoms with Crippen molar-refractivity contribution in [3.8, 4) is 0 Å². The van der Waals surface area contributed by atoms with Crippen molar-refractivity contribution >= 4 is 0 Å². The van der Waals surface area contributed by atoms with Crippen molar-refractivity contribution in [3.63, 3.8) is 0 Å². The average molecular weight is 212 g/mol. The molecule has 2 fully saturated rings. The molecule has 2 rings (SSSR count). The van der Waals surface area contributed by atoms with Crippen LogP contribution in [0, 0.1) is 5.92 Å². The molecule has 0 aromatic carbocycles. The van der Waals surface area contributed by atoms with Crippen molar-refractivity contribution in [2.75, 3.05) is 20.2 Å². The van der Waals surface area contributed by atoms with Crippen LogP contribution in [0.25, 0.3) is 0 Å². The highest BCUT2D eigenvalue weighted by Crippen LogP contribution is 2.27. The maximum absolute atomic E-state index is 6.10. The first kappa shape index (κ1) is 11.4. The highest BCUT2D eigenvalue weighted by Gasteiger charge is 2.31. The number of ether oxygens (including phenoxy) is 1. The highest BCUT2D eigenvalue weighted by atomic mass is 16.5. The minimum atomic E-state index is 0.396. The quantitative estimate of drug-likeness (QED) is 0.764. The van der Waals surface area contributed by atoms with Crippen LogP contribution in [-0.4, -0.2) is 43.3 Å². The Morgan fingerprint density at radius 1 is 1.33 bits per heavy atom. The monoisotopic (exact) mass is 212 g/mol. The van der Waals surface area contributed by atoms with Gasteiger partial charge in [-0.3, -0.25) is 0 Å². The number of hydrogen-bond acceptors (Lipinski definition) is 3. The van der Waals surface area contributed by atoms with Gasteiger partial charge in [0.15, 0.2) is 0 Å². The van der Waals surface area contributed by atoms with Gasteiger partial charge in [-0.2, -0.15) is 0 Å². The zero-order valence-electron chi connectivity index (χ0n) is 9.98. The third-order valence-corrected chi connectivity index (χ3v) is 4.14. The van der Waals surface area contributed by atoms with Crippen LogP contribution in [-0.2, 0) is 4.74 Å². The van der Waals surface area contributed by atoms with Crippen molar-refractivity contribution < 1.29 is 4.74 Å². The van der Waals surface area contributed by atoms with Gasteiger partial charge in [0.05, 0.1) is 6.10 Å². The molecule has 0 aromatic heterocycles. The van der Waals surface area contributed by atoms with E-state index in [0.717, 1.165) is 13.2 Å². The number of rotatable bonds is 3. The summed E-state index contributed by atoms with van der Waals surface area (Å²) in [6, 6.07) is 1.04. The molecule has 0 bridgehead atoms. The normalized spacial score (nSPS) is 41.6. The maximum Gasteiger partial charge on any atom is 0.0702 e. The van der Waals surface area contributed by atoms with Gasteiger partial charge in [0.2, 0.25) is 0 Å². The fourth-order valence-electron chi connectivity index (χ4n) is 3.10. The first-order chi connectivity index (χ1) is 7.18. The lowest BCUT2D eigenvalue weighted by Crippen LogP contribution is -2.42. The van der Waals surface area contributed by atoms with Crippen LogP contribution in [0.1, 0.15) is 32.6 Å². The molecule has 1 saturated carbocycles. The van der Waals surface area contributed by atoms with Crippen LogP contribution in [0.15, 0.2) is 0 Å². The van der Waals surface area contributed by atoms with Crippen LogP contribution >= 0.6 is 0 Å². The Morgan fingerprint density at radius 3 is 2.67 bits per heavy atom. The van der Waals surface area contributed by atoms with Crippen LogP contribution in [0.2, 0.25) is 0 Å². The second-order valence-electron chi connectivity index (χ2n) is 5.23. The number of nitrogens with zero attached hydrogens (tertiary/aromatic N) is 1. The second-order valence-corrected chi connectivity index (χ2v) is 5.23. The molecule has 2 aliphatic rings. The molecule has 1 aliphatic carbocycles. The first-order valence-electron chi connectivity index (χ1n) is 6.26. The molecule has 3 heteroatoms. The summed E-state index contributed by atoms with van der Waals surface area (Å²) in [6.07, 6.45) is 5.42. The van der Waals surface area contributed by atoms with E-state index < -0.39 is 0 Å². The van der Waals surface area contributed by atoms with E-state index in [1.54, 1.807) is 0 Å². The molecule has 3 nitrogen and oxygen atoms in total. The molecule has 0 spiro atoms. The van der Waals surface area contributed by atoms with Crippen molar-refractivity contribution in [2.45, 2.75) is 50.8 Å². The highest BCUT2D eigenvalue weighted by molar-refractivity contribution is 4.86. The van der Waals surface area contributed by atoms with E-state index in [2.05, 4.69) is 18.9 Å². The minimum absolute atomic E-state index is 0.396. The summed E-state index contributed by atoms with van der Waals surface area (Å²) < 4.78 is 5.60. The lowest BCUT2D eigenvalue weighted by molar-refractivity contribution is 0.0775. The Labute approximate surface area is 93.0 Å². The molecular formula is C12H24N2O. The van der Waals surface area contributed by atoms with Crippen molar-refractivity contribution in [1.82, 2.24) is 4.90 Å². The van der Waals surface area contributed by atoms with Crippen LogP contribution in [0.5, 0.6) is 0 Å². The molecule has 1 saturated heterocycles. The Balaban J connectivity index is 1.83. The standard InChI is InChI=1S/C12H24N2O/c1-9-12(6-7-15-9)14(2)8-10-4-3-5-11(10)13/h9-12H,3-8,13H2,1-2H3. The molecule has 15 heavy (non-hydrogen) atoms. The lowest BCUT2D eigenvalue weighted by Gasteiger charge is -2.30. The van der Waals surface area contributed by atoms with Gasteiger partial charge >= 0.3 is 0 Å². The molecule has 1 aliphatic heterocycles. The largest absolute Gasteiger partial charge is 0.377 e. The number of likely N-dealkylation sites (N-methyl/N-ethyl adjacent to an activating group) is 1. The second kappa shape index (κ2) is 4.81. The molecule has 0 aromatic rings. The van der Waals surface area contributed by atoms with Gasteiger partial charge in [-0.05, 0) is 39.2 Å². The predicted octanol–water partition coefficient (Wildman–Crippen LogP) is 1.22. The van der Waals surface area contributed by atoms with Gasteiger partial charge in [0.1, 0.15) is 0 Å². The van der Waals surface area contributed by atoms with Gasteiger partial charge < -0.3 is 15.4 Å². The molecule has 0 radical (unpaired) electrons. The topological polar surface area (TPSA) is 38.5 Å². The summed E-state index contributed by atoms with van der Waals surface area (Å²) in [5, 5.41) is 0. The van der Waals surface area contributed by atoms with Crippen LogP contribution < -0.4 is 5.73 Å². The van der Waals surface area contributed by atoms with E-state index in [0.29, 0.717) is 24.1 Å². The molecule has 88 valence electrons. The van der Waals surface area contributed by atoms with E-state index >= 15 is 0 Å². The van der Waals surface area contributed by atoms with Gasteiger partial charge in [-0.1, -0.05) is 6.42 Å². The third-order valence-electron chi connectivity index (χ3n) is 4.14. The molecular weight excluding hydrogens is 188 g/mol. The summed E-state index contributed by atoms with van der Waals surface area (Å²) in [7, 11) is 2.22. The van der Waals surface area contributed by atoms with Crippen LogP contribution in [0.4, 0.5) is 0 Å². The molecule has 1 heterocycles. The van der Waals surface area contributed by atoms with Crippen molar-refractivity contribution in [2.24, 2.45) is 11.7 Å². The summed E-state index contributed by atoms with van der Waals surface area (Å²) in [5.41, 5.74) is 6.10.